The maximum atomic E-state index is 15.0. The lowest BCUT2D eigenvalue weighted by atomic mass is 9.97. The molecule has 0 amide bonds. The molecule has 186 valence electrons. The quantitative estimate of drug-likeness (QED) is 0.427. The summed E-state index contributed by atoms with van der Waals surface area (Å²) in [5, 5.41) is 10.5. The Kier molecular flexibility index (Phi) is 7.17. The maximum absolute atomic E-state index is 15.0. The normalized spacial score (nSPS) is 22.0. The molecule has 1 saturated heterocycles. The van der Waals surface area contributed by atoms with Crippen LogP contribution in [-0.2, 0) is 25.6 Å². The highest BCUT2D eigenvalue weighted by Gasteiger charge is 2.46. The number of thiocarbonyl (C=S) groups is 1. The summed E-state index contributed by atoms with van der Waals surface area (Å²) in [6.07, 6.45) is 4.92. The number of carbonyl (C=O) groups excluding carboxylic acids is 2. The fraction of sp³-hybridized carbons (Fsp3) is 0.435. The maximum Gasteiger partial charge on any atom is 0.177 e. The second-order valence-electron chi connectivity index (χ2n) is 8.96. The first-order valence-corrected chi connectivity index (χ1v) is 11.4. The van der Waals surface area contributed by atoms with Crippen molar-refractivity contribution >= 4 is 35.4 Å². The van der Waals surface area contributed by atoms with Gasteiger partial charge < -0.3 is 14.8 Å². The number of halogens is 2. The van der Waals surface area contributed by atoms with Crippen LogP contribution in [0.4, 0.5) is 8.78 Å². The van der Waals surface area contributed by atoms with Gasteiger partial charge in [-0.15, -0.1) is 5.10 Å². The average Bonchev–Trinajstić information content (AvgIpc) is 3.42. The van der Waals surface area contributed by atoms with E-state index < -0.39 is 23.0 Å². The number of hydrogen-bond acceptors (Lipinski definition) is 8. The van der Waals surface area contributed by atoms with Crippen LogP contribution in [0.3, 0.4) is 0 Å². The third-order valence-electron chi connectivity index (χ3n) is 5.82. The largest absolute Gasteiger partial charge is 0.368 e. The molecular formula is C23H25F2N5O4S. The molecule has 1 atom stereocenters. The Morgan fingerprint density at radius 2 is 2.03 bits per heavy atom. The number of nitrogens with zero attached hydrogens (tertiary/aromatic N) is 4. The molecule has 0 radical (unpaired) electrons. The van der Waals surface area contributed by atoms with Gasteiger partial charge in [-0.25, -0.2) is 13.5 Å². The summed E-state index contributed by atoms with van der Waals surface area (Å²) in [7, 11) is 0. The van der Waals surface area contributed by atoms with E-state index in [-0.39, 0.29) is 29.4 Å². The molecule has 35 heavy (non-hydrogen) atoms. The summed E-state index contributed by atoms with van der Waals surface area (Å²) >= 11 is 4.76. The number of ether oxygens (including phenoxy) is 2. The van der Waals surface area contributed by atoms with Crippen LogP contribution >= 0.6 is 12.2 Å². The van der Waals surface area contributed by atoms with Crippen LogP contribution in [0, 0.1) is 11.6 Å². The number of aromatic nitrogens is 3. The molecule has 12 heteroatoms. The third kappa shape index (κ3) is 5.67. The van der Waals surface area contributed by atoms with E-state index in [2.05, 4.69) is 15.6 Å². The Balaban J connectivity index is 1.45. The van der Waals surface area contributed by atoms with Gasteiger partial charge in [-0.1, -0.05) is 23.5 Å². The van der Waals surface area contributed by atoms with Crippen molar-refractivity contribution in [1.82, 2.24) is 25.2 Å². The van der Waals surface area contributed by atoms with E-state index in [4.69, 9.17) is 21.7 Å². The fourth-order valence-electron chi connectivity index (χ4n) is 4.20. The highest BCUT2D eigenvalue weighted by molar-refractivity contribution is 7.81. The highest BCUT2D eigenvalue weighted by atomic mass is 32.1. The molecule has 3 heterocycles. The Bertz CT molecular complexity index is 1160. The molecule has 0 aliphatic carbocycles. The lowest BCUT2D eigenvalue weighted by molar-refractivity contribution is -0.167. The molecule has 1 aromatic carbocycles. The Morgan fingerprint density at radius 3 is 2.60 bits per heavy atom. The van der Waals surface area contributed by atoms with Crippen LogP contribution in [0.1, 0.15) is 31.5 Å². The lowest BCUT2D eigenvalue weighted by Gasteiger charge is -2.33. The van der Waals surface area contributed by atoms with Crippen LogP contribution in [0.15, 0.2) is 24.4 Å². The van der Waals surface area contributed by atoms with Crippen molar-refractivity contribution in [3.8, 4) is 5.69 Å². The van der Waals surface area contributed by atoms with Crippen LogP contribution < -0.4 is 5.32 Å². The number of hydrogen-bond donors (Lipinski definition) is 1. The smallest absolute Gasteiger partial charge is 0.177 e. The van der Waals surface area contributed by atoms with E-state index in [1.807, 2.05) is 4.90 Å². The molecular weight excluding hydrogens is 480 g/mol. The zero-order valence-corrected chi connectivity index (χ0v) is 20.1. The van der Waals surface area contributed by atoms with Crippen LogP contribution in [-0.4, -0.2) is 75.1 Å². The predicted molar refractivity (Wildman–Crippen MR) is 126 cm³/mol. The summed E-state index contributed by atoms with van der Waals surface area (Å²) < 4.78 is 42.6. The van der Waals surface area contributed by atoms with Gasteiger partial charge in [0, 0.05) is 37.3 Å². The van der Waals surface area contributed by atoms with Crippen molar-refractivity contribution in [2.45, 2.75) is 38.2 Å². The minimum Gasteiger partial charge on any atom is -0.368 e. The highest BCUT2D eigenvalue weighted by Crippen LogP contribution is 2.33. The second kappa shape index (κ2) is 9.97. The zero-order valence-electron chi connectivity index (χ0n) is 19.3. The van der Waals surface area contributed by atoms with Gasteiger partial charge in [0.05, 0.1) is 25.0 Å². The topological polar surface area (TPSA) is 98.6 Å². The van der Waals surface area contributed by atoms with Gasteiger partial charge in [0.1, 0.15) is 22.3 Å². The molecule has 1 N–H and O–H groups in total. The third-order valence-corrected chi connectivity index (χ3v) is 6.06. The standard InChI is InChI=1S/C23H25F2N5O4S/c1-22(2)33-14-23(13-32,34-22)12-29-5-3-15(4-6-29)21-18(24)7-17(8-19(21)25)30-10-16(27-28-30)9-26-20(35)11-31/h3,7-8,10-11,13H,4-6,9,12,14H2,1-2H3,(H,26,35)/t23-/m0/s1. The summed E-state index contributed by atoms with van der Waals surface area (Å²) in [6.45, 7) is 5.07. The van der Waals surface area contributed by atoms with Gasteiger partial charge in [0.2, 0.25) is 0 Å². The van der Waals surface area contributed by atoms with Gasteiger partial charge in [-0.3, -0.25) is 14.5 Å². The molecule has 1 fully saturated rings. The van der Waals surface area contributed by atoms with Crippen molar-refractivity contribution in [3.05, 3.63) is 47.3 Å². The van der Waals surface area contributed by atoms with E-state index >= 15 is 8.78 Å². The molecule has 0 bridgehead atoms. The predicted octanol–water partition coefficient (Wildman–Crippen LogP) is 1.97. The average molecular weight is 506 g/mol. The zero-order chi connectivity index (χ0) is 25.2. The molecule has 0 saturated carbocycles. The SMILES string of the molecule is CC1(C)OC[C@@](C=O)(CN2CC=C(c3c(F)cc(-n4cc(CNC(=S)C=O)nn4)cc3F)CC2)O1. The molecule has 2 aromatic rings. The Labute approximate surface area is 206 Å². The molecule has 0 spiro atoms. The van der Waals surface area contributed by atoms with Gasteiger partial charge in [-0.2, -0.15) is 0 Å². The van der Waals surface area contributed by atoms with Gasteiger partial charge in [0.15, 0.2) is 24.0 Å². The number of nitrogens with one attached hydrogen (secondary N) is 1. The minimum absolute atomic E-state index is 0.0228. The second-order valence-corrected chi connectivity index (χ2v) is 9.40. The first-order valence-electron chi connectivity index (χ1n) is 11.0. The first kappa shape index (κ1) is 25.2. The van der Waals surface area contributed by atoms with Gasteiger partial charge in [-0.05, 0) is 25.8 Å². The summed E-state index contributed by atoms with van der Waals surface area (Å²) in [5.74, 6) is -2.26. The number of rotatable bonds is 8. The van der Waals surface area contributed by atoms with Crippen molar-refractivity contribution < 1.29 is 27.8 Å². The van der Waals surface area contributed by atoms with E-state index in [9.17, 15) is 9.59 Å². The lowest BCUT2D eigenvalue weighted by Crippen LogP contribution is -2.48. The van der Waals surface area contributed by atoms with E-state index in [1.165, 1.54) is 23.0 Å². The van der Waals surface area contributed by atoms with Crippen LogP contribution in [0.5, 0.6) is 0 Å². The van der Waals surface area contributed by atoms with Crippen LogP contribution in [0.25, 0.3) is 11.3 Å². The minimum atomic E-state index is -1.06. The van der Waals surface area contributed by atoms with Crippen LogP contribution in [0.2, 0.25) is 0 Å². The monoisotopic (exact) mass is 505 g/mol. The number of carbonyl (C=O) groups is 2. The molecule has 0 unspecified atom stereocenters. The summed E-state index contributed by atoms with van der Waals surface area (Å²) in [6, 6.07) is 2.39. The van der Waals surface area contributed by atoms with Crippen molar-refractivity contribution in [2.75, 3.05) is 26.2 Å². The Morgan fingerprint density at radius 1 is 1.29 bits per heavy atom. The molecule has 2 aliphatic rings. The van der Waals surface area contributed by atoms with Crippen molar-refractivity contribution in [2.24, 2.45) is 0 Å². The molecule has 2 aliphatic heterocycles. The molecule has 9 nitrogen and oxygen atoms in total. The molecule has 1 aromatic heterocycles. The van der Waals surface area contributed by atoms with Gasteiger partial charge >= 0.3 is 0 Å². The van der Waals surface area contributed by atoms with Crippen molar-refractivity contribution in [1.29, 1.82) is 0 Å². The van der Waals surface area contributed by atoms with Gasteiger partial charge in [0.25, 0.3) is 0 Å². The number of aldehydes is 2. The fourth-order valence-corrected chi connectivity index (χ4v) is 4.27. The first-order chi connectivity index (χ1) is 16.6. The summed E-state index contributed by atoms with van der Waals surface area (Å²) in [5.41, 5.74) is 0.0306. The van der Waals surface area contributed by atoms with E-state index in [0.717, 1.165) is 6.29 Å². The van der Waals surface area contributed by atoms with E-state index in [0.29, 0.717) is 43.6 Å². The number of benzene rings is 1. The summed E-state index contributed by atoms with van der Waals surface area (Å²) in [4.78, 5) is 24.3. The Hall–Kier alpha value is -2.93. The van der Waals surface area contributed by atoms with E-state index in [1.54, 1.807) is 19.9 Å². The molecule has 4 rings (SSSR count). The van der Waals surface area contributed by atoms with Crippen molar-refractivity contribution in [3.63, 3.8) is 0 Å².